The minimum atomic E-state index is -1.43. The summed E-state index contributed by atoms with van der Waals surface area (Å²) in [6.45, 7) is -0.619. The van der Waals surface area contributed by atoms with E-state index in [1.54, 1.807) is 0 Å². The van der Waals surface area contributed by atoms with Crippen molar-refractivity contribution in [3.63, 3.8) is 0 Å². The molecule has 0 aliphatic carbocycles. The van der Waals surface area contributed by atoms with Crippen molar-refractivity contribution in [2.24, 2.45) is 22.2 Å². The number of rotatable bonds is 16. The number of aliphatic hydroxyl groups excluding tert-OH is 1. The van der Waals surface area contributed by atoms with E-state index in [1.807, 2.05) is 0 Å². The van der Waals surface area contributed by atoms with Gasteiger partial charge in [-0.15, -0.1) is 0 Å². The second kappa shape index (κ2) is 14.9. The lowest BCUT2D eigenvalue weighted by Crippen LogP contribution is -2.58. The van der Waals surface area contributed by atoms with Crippen LogP contribution >= 0.6 is 0 Å². The largest absolute Gasteiger partial charge is 0.480 e. The van der Waals surface area contributed by atoms with Gasteiger partial charge >= 0.3 is 5.97 Å². The smallest absolute Gasteiger partial charge is 0.326 e. The number of carbonyl (C=O) groups is 4. The minimum absolute atomic E-state index is 0.0200. The number of nitrogens with one attached hydrogen (secondary N) is 5. The maximum atomic E-state index is 13.0. The molecule has 2 aromatic heterocycles. The number of aliphatic hydroxyl groups is 1. The highest BCUT2D eigenvalue weighted by molar-refractivity contribution is 5.94. The van der Waals surface area contributed by atoms with E-state index >= 15 is 0 Å². The molecule has 2 aromatic rings. The molecule has 0 aliphatic heterocycles. The summed E-state index contributed by atoms with van der Waals surface area (Å²) >= 11 is 0. The number of aliphatic imine (C=N–C) groups is 1. The molecule has 0 radical (unpaired) electrons. The summed E-state index contributed by atoms with van der Waals surface area (Å²) in [6, 6.07) is -5.03. The van der Waals surface area contributed by atoms with E-state index in [0.717, 1.165) is 0 Å². The molecule has 2 rings (SSSR count). The SMILES string of the molecule is NC(N)=NCCCC(NC(=O)C(Cc1cnc[nH]1)NC(=O)C(CO)NC(=O)C(N)Cc1cnc[nH]1)C(=O)O. The van der Waals surface area contributed by atoms with Gasteiger partial charge in [-0.3, -0.25) is 19.4 Å². The number of carbonyl (C=O) groups excluding carboxylic acids is 3. The molecule has 0 saturated carbocycles. The zero-order valence-corrected chi connectivity index (χ0v) is 20.5. The maximum absolute atomic E-state index is 13.0. The Morgan fingerprint density at radius 2 is 1.45 bits per heavy atom. The fourth-order valence-electron chi connectivity index (χ4n) is 3.33. The van der Waals surface area contributed by atoms with Gasteiger partial charge in [-0.1, -0.05) is 0 Å². The Kier molecular flexibility index (Phi) is 11.7. The predicted octanol–water partition coefficient (Wildman–Crippen LogP) is -4.17. The van der Waals surface area contributed by atoms with Crippen LogP contribution < -0.4 is 33.2 Å². The van der Waals surface area contributed by atoms with Gasteiger partial charge in [0.25, 0.3) is 0 Å². The van der Waals surface area contributed by atoms with Crippen LogP contribution in [0.15, 0.2) is 30.0 Å². The van der Waals surface area contributed by atoms with E-state index < -0.39 is 54.5 Å². The highest BCUT2D eigenvalue weighted by Gasteiger charge is 2.30. The topological polar surface area (TPSA) is 293 Å². The van der Waals surface area contributed by atoms with Gasteiger partial charge in [-0.05, 0) is 12.8 Å². The average Bonchev–Trinajstić information content (AvgIpc) is 3.57. The quantitative estimate of drug-likeness (QED) is 0.0558. The number of carboxylic acid groups (broad SMARTS) is 1. The number of hydrogen-bond donors (Lipinski definition) is 10. The number of H-pyrrole nitrogens is 2. The summed E-state index contributed by atoms with van der Waals surface area (Å²) in [5.41, 5.74) is 17.4. The standard InChI is InChI=1S/C21H33N11O6/c22-13(4-11-6-25-9-28-11)17(34)32-16(8-33)19(36)31-15(5-12-7-26-10-29-12)18(35)30-14(20(37)38)2-1-3-27-21(23)24/h6-7,9-10,13-16,33H,1-5,8,22H2,(H,25,28)(H,26,29)(H,30,35)(H,31,36)(H,32,34)(H,37,38)(H4,23,24,27). The van der Waals surface area contributed by atoms with Gasteiger partial charge in [0.15, 0.2) is 5.96 Å². The molecule has 4 atom stereocenters. The first-order valence-corrected chi connectivity index (χ1v) is 11.6. The van der Waals surface area contributed by atoms with E-state index in [2.05, 4.69) is 40.9 Å². The molecule has 3 amide bonds. The maximum Gasteiger partial charge on any atom is 0.326 e. The lowest BCUT2D eigenvalue weighted by Gasteiger charge is -2.24. The molecule has 17 heteroatoms. The number of nitrogens with zero attached hydrogens (tertiary/aromatic N) is 3. The summed E-state index contributed by atoms with van der Waals surface area (Å²) in [7, 11) is 0. The van der Waals surface area contributed by atoms with Gasteiger partial charge in [0, 0.05) is 43.2 Å². The predicted molar refractivity (Wildman–Crippen MR) is 133 cm³/mol. The van der Waals surface area contributed by atoms with E-state index in [4.69, 9.17) is 17.2 Å². The first kappa shape index (κ1) is 29.7. The molecule has 17 nitrogen and oxygen atoms in total. The number of guanidine groups is 1. The van der Waals surface area contributed by atoms with Crippen molar-refractivity contribution in [3.05, 3.63) is 36.4 Å². The van der Waals surface area contributed by atoms with E-state index in [1.165, 1.54) is 25.0 Å². The van der Waals surface area contributed by atoms with Crippen molar-refractivity contribution in [2.75, 3.05) is 13.2 Å². The first-order valence-electron chi connectivity index (χ1n) is 11.6. The molecule has 0 fully saturated rings. The van der Waals surface area contributed by atoms with Crippen LogP contribution in [0.2, 0.25) is 0 Å². The van der Waals surface area contributed by atoms with E-state index in [0.29, 0.717) is 11.4 Å². The van der Waals surface area contributed by atoms with Gasteiger partial charge < -0.3 is 53.3 Å². The Balaban J connectivity index is 2.06. The molecule has 208 valence electrons. The number of aromatic amines is 2. The first-order chi connectivity index (χ1) is 18.1. The molecular formula is C21H33N11O6. The molecular weight excluding hydrogens is 502 g/mol. The van der Waals surface area contributed by atoms with Gasteiger partial charge in [0.2, 0.25) is 17.7 Å². The molecule has 0 spiro atoms. The molecule has 0 aliphatic rings. The Morgan fingerprint density at radius 1 is 0.895 bits per heavy atom. The molecule has 0 saturated heterocycles. The molecule has 2 heterocycles. The van der Waals surface area contributed by atoms with Crippen molar-refractivity contribution in [1.82, 2.24) is 35.9 Å². The van der Waals surface area contributed by atoms with Crippen molar-refractivity contribution < 1.29 is 29.4 Å². The van der Waals surface area contributed by atoms with Crippen molar-refractivity contribution in [3.8, 4) is 0 Å². The van der Waals surface area contributed by atoms with Crippen LogP contribution in [-0.4, -0.2) is 97.1 Å². The minimum Gasteiger partial charge on any atom is -0.480 e. The summed E-state index contributed by atoms with van der Waals surface area (Å²) in [4.78, 5) is 67.1. The Hall–Kier alpha value is -4.51. The third-order valence-corrected chi connectivity index (χ3v) is 5.32. The number of aromatic nitrogens is 4. The van der Waals surface area contributed by atoms with E-state index in [-0.39, 0.29) is 38.2 Å². The normalized spacial score (nSPS) is 13.9. The number of hydrogen-bond acceptors (Lipinski definition) is 9. The lowest BCUT2D eigenvalue weighted by atomic mass is 10.1. The highest BCUT2D eigenvalue weighted by Crippen LogP contribution is 2.04. The van der Waals surface area contributed by atoms with Gasteiger partial charge in [0.1, 0.15) is 18.1 Å². The van der Waals surface area contributed by atoms with Crippen LogP contribution in [0.25, 0.3) is 0 Å². The van der Waals surface area contributed by atoms with Crippen LogP contribution in [0, 0.1) is 0 Å². The molecule has 38 heavy (non-hydrogen) atoms. The molecule has 13 N–H and O–H groups in total. The van der Waals surface area contributed by atoms with Gasteiger partial charge in [-0.25, -0.2) is 14.8 Å². The highest BCUT2D eigenvalue weighted by atomic mass is 16.4. The Bertz CT molecular complexity index is 1070. The lowest BCUT2D eigenvalue weighted by molar-refractivity contribution is -0.142. The van der Waals surface area contributed by atoms with Crippen LogP contribution in [0.4, 0.5) is 0 Å². The number of amides is 3. The van der Waals surface area contributed by atoms with Crippen molar-refractivity contribution >= 4 is 29.7 Å². The Morgan fingerprint density at radius 3 is 1.97 bits per heavy atom. The van der Waals surface area contributed by atoms with Crippen molar-refractivity contribution in [2.45, 2.75) is 49.9 Å². The monoisotopic (exact) mass is 535 g/mol. The fourth-order valence-corrected chi connectivity index (χ4v) is 3.33. The summed E-state index contributed by atoms with van der Waals surface area (Å²) in [5.74, 6) is -3.83. The van der Waals surface area contributed by atoms with Crippen molar-refractivity contribution in [1.29, 1.82) is 0 Å². The number of aliphatic carboxylic acids is 1. The van der Waals surface area contributed by atoms with E-state index in [9.17, 15) is 29.4 Å². The number of imidazole rings is 2. The number of carboxylic acids is 1. The van der Waals surface area contributed by atoms with Gasteiger partial charge in [0.05, 0.1) is 25.3 Å². The second-order valence-electron chi connectivity index (χ2n) is 8.32. The average molecular weight is 536 g/mol. The summed E-state index contributed by atoms with van der Waals surface area (Å²) < 4.78 is 0. The van der Waals surface area contributed by atoms with Crippen LogP contribution in [0.5, 0.6) is 0 Å². The Labute approximate surface area is 217 Å². The third-order valence-electron chi connectivity index (χ3n) is 5.32. The summed E-state index contributed by atoms with van der Waals surface area (Å²) in [6.07, 6.45) is 6.03. The zero-order valence-electron chi connectivity index (χ0n) is 20.5. The zero-order chi connectivity index (χ0) is 28.1. The van der Waals surface area contributed by atoms with Crippen LogP contribution in [0.3, 0.4) is 0 Å². The summed E-state index contributed by atoms with van der Waals surface area (Å²) in [5, 5.41) is 26.4. The van der Waals surface area contributed by atoms with Crippen LogP contribution in [-0.2, 0) is 32.0 Å². The third kappa shape index (κ3) is 9.86. The molecule has 0 aromatic carbocycles. The second-order valence-corrected chi connectivity index (χ2v) is 8.32. The number of nitrogens with two attached hydrogens (primary N) is 3. The fraction of sp³-hybridized carbons (Fsp3) is 0.476. The van der Waals surface area contributed by atoms with Crippen LogP contribution in [0.1, 0.15) is 24.2 Å². The molecule has 4 unspecified atom stereocenters. The molecule has 0 bridgehead atoms. The van der Waals surface area contributed by atoms with Gasteiger partial charge in [-0.2, -0.15) is 0 Å².